The molecule has 2 fully saturated rings. The average molecular weight is 540 g/mol. The Bertz CT molecular complexity index is 1230. The molecule has 0 aromatic heterocycles. The Morgan fingerprint density at radius 3 is 2.38 bits per heavy atom. The topological polar surface area (TPSA) is 89.2 Å². The minimum atomic E-state index is -1.39. The SMILES string of the molecule is CCCOC1=C2c3c4cccc3[N+]3(CCCOC5=C1[N+]1(CCCOC5(N)C2C4=O)CCOCC1)CCOCC3. The lowest BCUT2D eigenvalue weighted by molar-refractivity contribution is -0.900. The number of carbonyl (C=O) groups excluding carboxylic acids is 1. The molecule has 5 heterocycles. The van der Waals surface area contributed by atoms with Crippen LogP contribution in [0.4, 0.5) is 5.69 Å². The van der Waals surface area contributed by atoms with Crippen LogP contribution in [0.5, 0.6) is 0 Å². The molecule has 1 aromatic rings. The first-order valence-electron chi connectivity index (χ1n) is 14.8. The van der Waals surface area contributed by atoms with Crippen molar-refractivity contribution < 1.29 is 33.0 Å². The smallest absolute Gasteiger partial charge is 0.218 e. The third-order valence-electron chi connectivity index (χ3n) is 9.73. The monoisotopic (exact) mass is 539 g/mol. The fourth-order valence-electron chi connectivity index (χ4n) is 7.85. The number of Topliss-reactive ketones (excluding diaryl/α,β-unsaturated/α-hetero) is 1. The standard InChI is InChI=1S/C30H41N3O6/c1-2-14-37-28-24-23-21-6-3-7-22(23)32(10-17-35-18-11-32)8-4-15-38-29-26(28)33(12-19-36-20-13-33)9-5-16-39-30(29,31)25(24)27(21)34/h3,6-7,25H,2,4-5,8-20,31H2,1H3/q+2. The quantitative estimate of drug-likeness (QED) is 0.591. The second-order valence-electron chi connectivity index (χ2n) is 11.8. The summed E-state index contributed by atoms with van der Waals surface area (Å²) in [6, 6.07) is 6.22. The van der Waals surface area contributed by atoms with Gasteiger partial charge >= 0.3 is 0 Å². The first-order chi connectivity index (χ1) is 19.0. The van der Waals surface area contributed by atoms with Crippen molar-refractivity contribution in [1.29, 1.82) is 0 Å². The van der Waals surface area contributed by atoms with Crippen LogP contribution in [-0.4, -0.2) is 102 Å². The number of quaternary nitrogens is 2. The van der Waals surface area contributed by atoms with Crippen LogP contribution in [0.2, 0.25) is 0 Å². The van der Waals surface area contributed by atoms with Crippen LogP contribution in [0.3, 0.4) is 0 Å². The van der Waals surface area contributed by atoms with Gasteiger partial charge in [0.1, 0.15) is 37.8 Å². The van der Waals surface area contributed by atoms with E-state index in [1.54, 1.807) is 0 Å². The fraction of sp³-hybridized carbons (Fsp3) is 0.633. The first-order valence-corrected chi connectivity index (χ1v) is 14.8. The van der Waals surface area contributed by atoms with Crippen LogP contribution in [-0.2, 0) is 23.7 Å². The maximum atomic E-state index is 14.4. The van der Waals surface area contributed by atoms with Crippen molar-refractivity contribution in [3.63, 3.8) is 0 Å². The van der Waals surface area contributed by atoms with Gasteiger partial charge in [-0.3, -0.25) is 19.5 Å². The number of carbonyl (C=O) groups is 1. The van der Waals surface area contributed by atoms with E-state index < -0.39 is 11.6 Å². The summed E-state index contributed by atoms with van der Waals surface area (Å²) in [5.74, 6) is 0.682. The fourth-order valence-corrected chi connectivity index (χ4v) is 7.85. The molecule has 9 nitrogen and oxygen atoms in total. The van der Waals surface area contributed by atoms with Crippen molar-refractivity contribution in [2.24, 2.45) is 11.7 Å². The molecular weight excluding hydrogens is 498 g/mol. The van der Waals surface area contributed by atoms with E-state index in [4.69, 9.17) is 29.4 Å². The van der Waals surface area contributed by atoms with E-state index in [2.05, 4.69) is 13.0 Å². The molecule has 7 aliphatic rings. The second kappa shape index (κ2) is 9.68. The molecule has 6 bridgehead atoms. The molecule has 9 heteroatoms. The van der Waals surface area contributed by atoms with Gasteiger partial charge in [-0.2, -0.15) is 0 Å². The summed E-state index contributed by atoms with van der Waals surface area (Å²) in [4.78, 5) is 14.4. The third kappa shape index (κ3) is 3.71. The number of hydrogen-bond donors (Lipinski definition) is 1. The van der Waals surface area contributed by atoms with Crippen LogP contribution in [0.1, 0.15) is 42.1 Å². The van der Waals surface area contributed by atoms with E-state index in [1.807, 2.05) is 12.1 Å². The summed E-state index contributed by atoms with van der Waals surface area (Å²) in [5, 5.41) is 0. The van der Waals surface area contributed by atoms with Crippen molar-refractivity contribution in [2.45, 2.75) is 31.9 Å². The largest absolute Gasteiger partial charge is 0.488 e. The van der Waals surface area contributed by atoms with Crippen LogP contribution < -0.4 is 10.2 Å². The normalized spacial score (nSPS) is 31.1. The second-order valence-corrected chi connectivity index (χ2v) is 11.8. The Kier molecular flexibility index (Phi) is 6.37. The highest BCUT2D eigenvalue weighted by molar-refractivity contribution is 6.18. The van der Waals surface area contributed by atoms with Crippen molar-refractivity contribution in [3.8, 4) is 0 Å². The summed E-state index contributed by atoms with van der Waals surface area (Å²) < 4.78 is 33.3. The zero-order valence-corrected chi connectivity index (χ0v) is 23.0. The van der Waals surface area contributed by atoms with Gasteiger partial charge < -0.3 is 23.7 Å². The zero-order valence-electron chi connectivity index (χ0n) is 23.0. The molecule has 0 radical (unpaired) electrons. The molecule has 2 atom stereocenters. The van der Waals surface area contributed by atoms with Crippen LogP contribution in [0.15, 0.2) is 35.4 Å². The Labute approximate surface area is 230 Å². The van der Waals surface area contributed by atoms with Crippen LogP contribution in [0.25, 0.3) is 5.57 Å². The third-order valence-corrected chi connectivity index (χ3v) is 9.73. The predicted octanol–water partition coefficient (Wildman–Crippen LogP) is 2.54. The molecule has 2 unspecified atom stereocenters. The van der Waals surface area contributed by atoms with Crippen LogP contribution in [0, 0.1) is 5.92 Å². The number of morpholine rings is 2. The van der Waals surface area contributed by atoms with Gasteiger partial charge in [-0.1, -0.05) is 19.1 Å². The minimum absolute atomic E-state index is 0.00295. The number of fused-ring (bicyclic) bond motifs is 3. The molecule has 0 saturated carbocycles. The van der Waals surface area contributed by atoms with Gasteiger partial charge in [0.15, 0.2) is 17.3 Å². The summed E-state index contributed by atoms with van der Waals surface area (Å²) in [6.07, 6.45) is 2.56. The molecule has 39 heavy (non-hydrogen) atoms. The van der Waals surface area contributed by atoms with Gasteiger partial charge in [0.2, 0.25) is 11.5 Å². The van der Waals surface area contributed by atoms with E-state index in [9.17, 15) is 4.79 Å². The van der Waals surface area contributed by atoms with E-state index in [0.717, 1.165) is 91.2 Å². The molecule has 0 amide bonds. The van der Waals surface area contributed by atoms with Crippen molar-refractivity contribution in [3.05, 3.63) is 46.5 Å². The Balaban J connectivity index is 1.57. The number of nitrogens with two attached hydrogens (primary N) is 1. The number of ketones is 1. The Morgan fingerprint density at radius 1 is 0.949 bits per heavy atom. The van der Waals surface area contributed by atoms with E-state index in [0.29, 0.717) is 56.5 Å². The van der Waals surface area contributed by atoms with Gasteiger partial charge in [0.05, 0.1) is 64.9 Å². The number of ether oxygens (including phenoxy) is 5. The van der Waals surface area contributed by atoms with Crippen LogP contribution >= 0.6 is 0 Å². The van der Waals surface area contributed by atoms with E-state index in [-0.39, 0.29) is 5.78 Å². The Morgan fingerprint density at radius 2 is 1.64 bits per heavy atom. The number of hydrogen-bond acceptors (Lipinski definition) is 7. The maximum Gasteiger partial charge on any atom is 0.218 e. The highest BCUT2D eigenvalue weighted by atomic mass is 16.6. The lowest BCUT2D eigenvalue weighted by Crippen LogP contribution is -2.63. The molecule has 2 saturated heterocycles. The summed E-state index contributed by atoms with van der Waals surface area (Å²) in [5.41, 5.74) is 10.7. The van der Waals surface area contributed by atoms with Gasteiger partial charge in [0, 0.05) is 24.0 Å². The zero-order chi connectivity index (χ0) is 26.7. The lowest BCUT2D eigenvalue weighted by atomic mass is 9.79. The Hall–Kier alpha value is -2.27. The average Bonchev–Trinajstić information content (AvgIpc) is 3.26. The van der Waals surface area contributed by atoms with Crippen molar-refractivity contribution >= 4 is 17.0 Å². The molecule has 2 aliphatic carbocycles. The summed E-state index contributed by atoms with van der Waals surface area (Å²) >= 11 is 0. The van der Waals surface area contributed by atoms with Gasteiger partial charge in [-0.25, -0.2) is 0 Å². The number of benzene rings is 1. The highest BCUT2D eigenvalue weighted by Gasteiger charge is 2.63. The number of nitrogens with zero attached hydrogens (tertiary/aromatic N) is 2. The van der Waals surface area contributed by atoms with Gasteiger partial charge in [-0.05, 0) is 12.5 Å². The molecular formula is C30H41N3O6+2. The molecule has 5 aliphatic heterocycles. The maximum absolute atomic E-state index is 14.4. The minimum Gasteiger partial charge on any atom is -0.488 e. The first kappa shape index (κ1) is 25.7. The van der Waals surface area contributed by atoms with Gasteiger partial charge in [-0.15, -0.1) is 0 Å². The molecule has 210 valence electrons. The van der Waals surface area contributed by atoms with E-state index in [1.165, 1.54) is 5.69 Å². The highest BCUT2D eigenvalue weighted by Crippen LogP contribution is 2.57. The summed E-state index contributed by atoms with van der Waals surface area (Å²) in [6.45, 7) is 11.5. The van der Waals surface area contributed by atoms with E-state index >= 15 is 0 Å². The lowest BCUT2D eigenvalue weighted by Gasteiger charge is -2.49. The summed E-state index contributed by atoms with van der Waals surface area (Å²) in [7, 11) is 0. The van der Waals surface area contributed by atoms with Gasteiger partial charge in [0.25, 0.3) is 0 Å². The molecule has 8 rings (SSSR count). The van der Waals surface area contributed by atoms with Crippen molar-refractivity contribution in [2.75, 3.05) is 85.5 Å². The predicted molar refractivity (Wildman–Crippen MR) is 145 cm³/mol. The van der Waals surface area contributed by atoms with Crippen molar-refractivity contribution in [1.82, 2.24) is 4.48 Å². The molecule has 2 N–H and O–H groups in total. The number of rotatable bonds is 3. The molecule has 1 aromatic carbocycles. The molecule has 2 spiro atoms.